The molecule has 1 atom stereocenters. The number of hydrogen-bond acceptors (Lipinski definition) is 0. The summed E-state index contributed by atoms with van der Waals surface area (Å²) in [5.74, 6) is 0.773. The van der Waals surface area contributed by atoms with Crippen molar-refractivity contribution in [2.75, 3.05) is 0 Å². The first-order valence-electron chi connectivity index (χ1n) is 5.54. The minimum atomic E-state index is 0.773. The Hall–Kier alpha value is -0.520. The minimum absolute atomic E-state index is 0.773. The standard InChI is InChI=1S/C9H14.2C2H6/c1-7-4-5-8(2)9(3)6-7;2*1-2/h4-5,9H,6H2,1-3H3;2*1-2H3. The first kappa shape index (κ1) is 15.0. The lowest BCUT2D eigenvalue weighted by atomic mass is 9.90. The van der Waals surface area contributed by atoms with E-state index < -0.39 is 0 Å². The maximum Gasteiger partial charge on any atom is -0.0194 e. The Morgan fingerprint density at radius 1 is 1.00 bits per heavy atom. The molecule has 0 aromatic heterocycles. The van der Waals surface area contributed by atoms with E-state index in [1.165, 1.54) is 17.6 Å². The first-order valence-corrected chi connectivity index (χ1v) is 5.54. The van der Waals surface area contributed by atoms with Crippen molar-refractivity contribution in [2.24, 2.45) is 5.92 Å². The summed E-state index contributed by atoms with van der Waals surface area (Å²) in [6.45, 7) is 14.7. The molecule has 1 aliphatic carbocycles. The van der Waals surface area contributed by atoms with Crippen LogP contribution in [0.25, 0.3) is 0 Å². The molecule has 0 N–H and O–H groups in total. The monoisotopic (exact) mass is 182 g/mol. The molecule has 0 saturated carbocycles. The molecule has 1 aliphatic rings. The second kappa shape index (κ2) is 9.57. The fourth-order valence-corrected chi connectivity index (χ4v) is 1.15. The Labute approximate surface area is 84.7 Å². The zero-order valence-electron chi connectivity index (χ0n) is 10.4. The predicted molar refractivity (Wildman–Crippen MR) is 64.0 cm³/mol. The number of hydrogen-bond donors (Lipinski definition) is 0. The lowest BCUT2D eigenvalue weighted by Gasteiger charge is -2.15. The van der Waals surface area contributed by atoms with Crippen LogP contribution < -0.4 is 0 Å². The fraction of sp³-hybridized carbons (Fsp3) is 0.692. The summed E-state index contributed by atoms with van der Waals surface area (Å²) >= 11 is 0. The van der Waals surface area contributed by atoms with E-state index in [9.17, 15) is 0 Å². The summed E-state index contributed by atoms with van der Waals surface area (Å²) in [5, 5.41) is 0. The van der Waals surface area contributed by atoms with Gasteiger partial charge in [-0.25, -0.2) is 0 Å². The van der Waals surface area contributed by atoms with Crippen molar-refractivity contribution >= 4 is 0 Å². The smallest absolute Gasteiger partial charge is 0.0194 e. The maximum absolute atomic E-state index is 2.28. The van der Waals surface area contributed by atoms with Crippen LogP contribution in [0.4, 0.5) is 0 Å². The molecule has 0 fully saturated rings. The number of allylic oxidation sites excluding steroid dienone is 4. The van der Waals surface area contributed by atoms with Crippen LogP contribution in [-0.4, -0.2) is 0 Å². The second-order valence-electron chi connectivity index (χ2n) is 3.03. The third-order valence-corrected chi connectivity index (χ3v) is 2.04. The summed E-state index contributed by atoms with van der Waals surface area (Å²) < 4.78 is 0. The molecule has 78 valence electrons. The van der Waals surface area contributed by atoms with Gasteiger partial charge in [0.15, 0.2) is 0 Å². The van der Waals surface area contributed by atoms with E-state index in [1.807, 2.05) is 27.7 Å². The van der Waals surface area contributed by atoms with Crippen molar-refractivity contribution in [1.82, 2.24) is 0 Å². The van der Waals surface area contributed by atoms with Crippen molar-refractivity contribution in [2.45, 2.75) is 54.9 Å². The largest absolute Gasteiger partial charge is 0.0727 e. The highest BCUT2D eigenvalue weighted by atomic mass is 14.1. The van der Waals surface area contributed by atoms with Gasteiger partial charge >= 0.3 is 0 Å². The zero-order chi connectivity index (χ0) is 10.9. The normalized spacial score (nSPS) is 19.8. The molecular weight excluding hydrogens is 156 g/mol. The van der Waals surface area contributed by atoms with E-state index in [1.54, 1.807) is 0 Å². The van der Waals surface area contributed by atoms with Crippen LogP contribution in [0, 0.1) is 5.92 Å². The molecule has 0 bridgehead atoms. The van der Waals surface area contributed by atoms with Crippen LogP contribution >= 0.6 is 0 Å². The second-order valence-corrected chi connectivity index (χ2v) is 3.03. The highest BCUT2D eigenvalue weighted by molar-refractivity contribution is 5.23. The molecule has 1 unspecified atom stereocenters. The van der Waals surface area contributed by atoms with Gasteiger partial charge in [0, 0.05) is 0 Å². The van der Waals surface area contributed by atoms with Gasteiger partial charge in [0.1, 0.15) is 0 Å². The molecule has 0 radical (unpaired) electrons. The molecule has 0 heterocycles. The molecule has 0 aromatic rings. The van der Waals surface area contributed by atoms with Crippen LogP contribution in [0.15, 0.2) is 23.3 Å². The molecule has 0 nitrogen and oxygen atoms in total. The summed E-state index contributed by atoms with van der Waals surface area (Å²) in [5.41, 5.74) is 3.02. The van der Waals surface area contributed by atoms with Crippen molar-refractivity contribution in [3.63, 3.8) is 0 Å². The quantitative estimate of drug-likeness (QED) is 0.496. The van der Waals surface area contributed by atoms with Gasteiger partial charge in [-0.1, -0.05) is 57.9 Å². The highest BCUT2D eigenvalue weighted by Gasteiger charge is 2.07. The van der Waals surface area contributed by atoms with Gasteiger partial charge < -0.3 is 0 Å². The molecular formula is C13H26. The van der Waals surface area contributed by atoms with Gasteiger partial charge in [0.2, 0.25) is 0 Å². The summed E-state index contributed by atoms with van der Waals surface area (Å²) in [6, 6.07) is 0. The molecule has 0 aliphatic heterocycles. The van der Waals surface area contributed by atoms with E-state index in [4.69, 9.17) is 0 Å². The number of rotatable bonds is 0. The van der Waals surface area contributed by atoms with Gasteiger partial charge in [-0.05, 0) is 26.2 Å². The third kappa shape index (κ3) is 6.62. The summed E-state index contributed by atoms with van der Waals surface area (Å²) in [4.78, 5) is 0. The minimum Gasteiger partial charge on any atom is -0.0727 e. The molecule has 0 spiro atoms. The SMILES string of the molecule is CC.CC.CC1=CC=C(C)C(C)C1. The third-order valence-electron chi connectivity index (χ3n) is 2.04. The first-order chi connectivity index (χ1) is 6.20. The molecule has 0 saturated heterocycles. The topological polar surface area (TPSA) is 0 Å². The van der Waals surface area contributed by atoms with Gasteiger partial charge in [-0.15, -0.1) is 0 Å². The molecule has 0 amide bonds. The Morgan fingerprint density at radius 2 is 1.46 bits per heavy atom. The summed E-state index contributed by atoms with van der Waals surface area (Å²) in [7, 11) is 0. The van der Waals surface area contributed by atoms with E-state index >= 15 is 0 Å². The van der Waals surface area contributed by atoms with Crippen molar-refractivity contribution < 1.29 is 0 Å². The van der Waals surface area contributed by atoms with Crippen LogP contribution in [0.2, 0.25) is 0 Å². The van der Waals surface area contributed by atoms with E-state index in [2.05, 4.69) is 32.9 Å². The van der Waals surface area contributed by atoms with Crippen molar-refractivity contribution in [3.05, 3.63) is 23.3 Å². The average molecular weight is 182 g/mol. The van der Waals surface area contributed by atoms with Crippen LogP contribution in [0.1, 0.15) is 54.9 Å². The van der Waals surface area contributed by atoms with E-state index in [-0.39, 0.29) is 0 Å². The van der Waals surface area contributed by atoms with E-state index in [0.717, 1.165) is 5.92 Å². The Bertz CT molecular complexity index is 161. The molecule has 0 aromatic carbocycles. The fourth-order valence-electron chi connectivity index (χ4n) is 1.15. The Balaban J connectivity index is 0. The van der Waals surface area contributed by atoms with Gasteiger partial charge in [0.05, 0.1) is 0 Å². The van der Waals surface area contributed by atoms with Crippen LogP contribution in [0.5, 0.6) is 0 Å². The highest BCUT2D eigenvalue weighted by Crippen LogP contribution is 2.23. The zero-order valence-corrected chi connectivity index (χ0v) is 10.4. The summed E-state index contributed by atoms with van der Waals surface area (Å²) in [6.07, 6.45) is 5.70. The Morgan fingerprint density at radius 3 is 1.77 bits per heavy atom. The molecule has 1 rings (SSSR count). The molecule has 13 heavy (non-hydrogen) atoms. The maximum atomic E-state index is 2.28. The lowest BCUT2D eigenvalue weighted by molar-refractivity contribution is 0.662. The van der Waals surface area contributed by atoms with Gasteiger partial charge in [0.25, 0.3) is 0 Å². The average Bonchev–Trinajstić information content (AvgIpc) is 2.18. The van der Waals surface area contributed by atoms with Gasteiger partial charge in [-0.3, -0.25) is 0 Å². The van der Waals surface area contributed by atoms with Gasteiger partial charge in [-0.2, -0.15) is 0 Å². The Kier molecular flexibility index (Phi) is 11.0. The van der Waals surface area contributed by atoms with Crippen LogP contribution in [-0.2, 0) is 0 Å². The van der Waals surface area contributed by atoms with Crippen LogP contribution in [0.3, 0.4) is 0 Å². The lowest BCUT2D eigenvalue weighted by Crippen LogP contribution is -2.00. The van der Waals surface area contributed by atoms with Crippen molar-refractivity contribution in [1.29, 1.82) is 0 Å². The molecule has 0 heteroatoms. The van der Waals surface area contributed by atoms with Crippen molar-refractivity contribution in [3.8, 4) is 0 Å². The van der Waals surface area contributed by atoms with E-state index in [0.29, 0.717) is 0 Å². The predicted octanol–water partition coefficient (Wildman–Crippen LogP) is 4.97.